The second kappa shape index (κ2) is 8.33. The van der Waals surface area contributed by atoms with Crippen LogP contribution in [0.2, 0.25) is 5.02 Å². The van der Waals surface area contributed by atoms with Crippen molar-refractivity contribution in [1.82, 2.24) is 5.43 Å². The fraction of sp³-hybridized carbons (Fsp3) is 0.0833. The number of carbonyl (C=O) groups is 1. The van der Waals surface area contributed by atoms with Crippen LogP contribution in [0, 0.1) is 6.92 Å². The van der Waals surface area contributed by atoms with Gasteiger partial charge in [0.05, 0.1) is 12.6 Å². The summed E-state index contributed by atoms with van der Waals surface area (Å²) in [5.41, 5.74) is 5.52. The van der Waals surface area contributed by atoms with Crippen molar-refractivity contribution in [3.63, 3.8) is 0 Å². The van der Waals surface area contributed by atoms with Crippen LogP contribution in [0.4, 0.5) is 0 Å². The van der Waals surface area contributed by atoms with Crippen molar-refractivity contribution in [2.24, 2.45) is 5.10 Å². The summed E-state index contributed by atoms with van der Waals surface area (Å²) >= 11 is 6.08. The molecule has 5 heteroatoms. The van der Waals surface area contributed by atoms with Crippen molar-refractivity contribution in [3.8, 4) is 11.3 Å². The van der Waals surface area contributed by atoms with Crippen molar-refractivity contribution in [2.75, 3.05) is 0 Å². The van der Waals surface area contributed by atoms with E-state index in [0.29, 0.717) is 16.5 Å². The zero-order valence-corrected chi connectivity index (χ0v) is 16.6. The van der Waals surface area contributed by atoms with Crippen LogP contribution >= 0.6 is 11.6 Å². The SMILES string of the molecule is Cc1ccc(Cl)cc1-c1ccc(/C=N\NC(=O)Cc2cccc3ccccc23)o1. The van der Waals surface area contributed by atoms with E-state index in [9.17, 15) is 4.79 Å². The molecule has 0 atom stereocenters. The summed E-state index contributed by atoms with van der Waals surface area (Å²) in [6.07, 6.45) is 1.74. The first-order valence-electron chi connectivity index (χ1n) is 9.25. The molecule has 0 saturated carbocycles. The fourth-order valence-electron chi connectivity index (χ4n) is 3.25. The minimum atomic E-state index is -0.185. The third kappa shape index (κ3) is 4.39. The summed E-state index contributed by atoms with van der Waals surface area (Å²) in [7, 11) is 0. The van der Waals surface area contributed by atoms with Crippen LogP contribution in [0.15, 0.2) is 82.3 Å². The summed E-state index contributed by atoms with van der Waals surface area (Å²) in [6.45, 7) is 2.00. The molecule has 1 aromatic heterocycles. The molecule has 4 rings (SSSR count). The van der Waals surface area contributed by atoms with E-state index in [4.69, 9.17) is 16.0 Å². The minimum Gasteiger partial charge on any atom is -0.455 e. The lowest BCUT2D eigenvalue weighted by Crippen LogP contribution is -2.19. The van der Waals surface area contributed by atoms with Gasteiger partial charge in [-0.05, 0) is 53.1 Å². The van der Waals surface area contributed by atoms with Crippen LogP contribution in [0.5, 0.6) is 0 Å². The summed E-state index contributed by atoms with van der Waals surface area (Å²) in [5.74, 6) is 1.06. The highest BCUT2D eigenvalue weighted by atomic mass is 35.5. The molecule has 0 aliphatic carbocycles. The van der Waals surface area contributed by atoms with Crippen molar-refractivity contribution in [3.05, 3.63) is 94.7 Å². The number of nitrogens with one attached hydrogen (secondary N) is 1. The maximum atomic E-state index is 12.3. The highest BCUT2D eigenvalue weighted by Crippen LogP contribution is 2.27. The molecule has 0 aliphatic heterocycles. The quantitative estimate of drug-likeness (QED) is 0.341. The Hall–Kier alpha value is -3.37. The smallest absolute Gasteiger partial charge is 0.244 e. The van der Waals surface area contributed by atoms with Crippen LogP contribution in [-0.2, 0) is 11.2 Å². The average Bonchev–Trinajstić information content (AvgIpc) is 3.19. The third-order valence-electron chi connectivity index (χ3n) is 4.70. The average molecular weight is 403 g/mol. The van der Waals surface area contributed by atoms with Gasteiger partial charge in [0.25, 0.3) is 0 Å². The number of nitrogens with zero attached hydrogens (tertiary/aromatic N) is 1. The zero-order valence-electron chi connectivity index (χ0n) is 15.9. The van der Waals surface area contributed by atoms with Crippen LogP contribution in [0.1, 0.15) is 16.9 Å². The van der Waals surface area contributed by atoms with Gasteiger partial charge in [0.2, 0.25) is 5.91 Å². The normalized spacial score (nSPS) is 11.2. The molecule has 1 N–H and O–H groups in total. The van der Waals surface area contributed by atoms with E-state index in [2.05, 4.69) is 10.5 Å². The number of carbonyl (C=O) groups excluding carboxylic acids is 1. The Morgan fingerprint density at radius 2 is 1.90 bits per heavy atom. The van der Waals surface area contributed by atoms with Crippen molar-refractivity contribution in [2.45, 2.75) is 13.3 Å². The summed E-state index contributed by atoms with van der Waals surface area (Å²) in [4.78, 5) is 12.3. The van der Waals surface area contributed by atoms with Gasteiger partial charge in [0.15, 0.2) is 0 Å². The standard InChI is InChI=1S/C24H19ClN2O2/c1-16-9-10-19(25)14-22(16)23-12-11-20(29-23)15-26-27-24(28)13-18-7-4-6-17-5-2-3-8-21(17)18/h2-12,14-15H,13H2,1H3,(H,27,28)/b26-15-. The first kappa shape index (κ1) is 19.0. The van der Waals surface area contributed by atoms with E-state index in [1.54, 1.807) is 6.07 Å². The maximum Gasteiger partial charge on any atom is 0.244 e. The molecule has 29 heavy (non-hydrogen) atoms. The first-order valence-corrected chi connectivity index (χ1v) is 9.63. The number of hydrogen-bond acceptors (Lipinski definition) is 3. The topological polar surface area (TPSA) is 54.6 Å². The van der Waals surface area contributed by atoms with E-state index in [1.165, 1.54) is 6.21 Å². The molecule has 0 aliphatic rings. The second-order valence-electron chi connectivity index (χ2n) is 6.77. The molecule has 4 nitrogen and oxygen atoms in total. The second-order valence-corrected chi connectivity index (χ2v) is 7.21. The Morgan fingerprint density at radius 1 is 1.07 bits per heavy atom. The lowest BCUT2D eigenvalue weighted by Gasteiger charge is -2.05. The van der Waals surface area contributed by atoms with Crippen LogP contribution in [-0.4, -0.2) is 12.1 Å². The number of amides is 1. The Balaban J connectivity index is 1.42. The molecule has 0 bridgehead atoms. The number of aryl methyl sites for hydroxylation is 1. The first-order chi connectivity index (χ1) is 14.1. The van der Waals surface area contributed by atoms with Crippen LogP contribution in [0.25, 0.3) is 22.1 Å². The molecule has 0 fully saturated rings. The van der Waals surface area contributed by atoms with E-state index in [0.717, 1.165) is 27.5 Å². The van der Waals surface area contributed by atoms with E-state index in [-0.39, 0.29) is 12.3 Å². The maximum absolute atomic E-state index is 12.3. The van der Waals surface area contributed by atoms with Gasteiger partial charge in [0, 0.05) is 10.6 Å². The molecule has 1 heterocycles. The zero-order chi connectivity index (χ0) is 20.2. The Labute approximate surface area is 173 Å². The van der Waals surface area contributed by atoms with Gasteiger partial charge in [-0.15, -0.1) is 0 Å². The van der Waals surface area contributed by atoms with Gasteiger partial charge in [-0.25, -0.2) is 5.43 Å². The molecule has 0 unspecified atom stereocenters. The highest BCUT2D eigenvalue weighted by Gasteiger charge is 2.08. The van der Waals surface area contributed by atoms with E-state index in [1.807, 2.05) is 73.7 Å². The predicted octanol–water partition coefficient (Wildman–Crippen LogP) is 5.75. The van der Waals surface area contributed by atoms with Crippen LogP contribution in [0.3, 0.4) is 0 Å². The van der Waals surface area contributed by atoms with Gasteiger partial charge < -0.3 is 4.42 Å². The largest absolute Gasteiger partial charge is 0.455 e. The monoisotopic (exact) mass is 402 g/mol. The molecule has 0 radical (unpaired) electrons. The molecular formula is C24H19ClN2O2. The summed E-state index contributed by atoms with van der Waals surface area (Å²) < 4.78 is 5.80. The Morgan fingerprint density at radius 3 is 2.79 bits per heavy atom. The molecule has 4 aromatic rings. The number of hydrogen-bond donors (Lipinski definition) is 1. The molecular weight excluding hydrogens is 384 g/mol. The van der Waals surface area contributed by atoms with Gasteiger partial charge in [-0.1, -0.05) is 60.1 Å². The van der Waals surface area contributed by atoms with Gasteiger partial charge in [-0.3, -0.25) is 4.79 Å². The van der Waals surface area contributed by atoms with E-state index < -0.39 is 0 Å². The number of benzene rings is 3. The number of fused-ring (bicyclic) bond motifs is 1. The van der Waals surface area contributed by atoms with E-state index >= 15 is 0 Å². The van der Waals surface area contributed by atoms with Crippen molar-refractivity contribution >= 4 is 34.5 Å². The fourth-order valence-corrected chi connectivity index (χ4v) is 3.43. The highest BCUT2D eigenvalue weighted by molar-refractivity contribution is 6.30. The van der Waals surface area contributed by atoms with Crippen molar-refractivity contribution in [1.29, 1.82) is 0 Å². The predicted molar refractivity (Wildman–Crippen MR) is 117 cm³/mol. The molecule has 3 aromatic carbocycles. The van der Waals surface area contributed by atoms with Gasteiger partial charge in [0.1, 0.15) is 11.5 Å². The van der Waals surface area contributed by atoms with Crippen LogP contribution < -0.4 is 5.43 Å². The van der Waals surface area contributed by atoms with Gasteiger partial charge in [-0.2, -0.15) is 5.10 Å². The number of halogens is 1. The molecule has 144 valence electrons. The lowest BCUT2D eigenvalue weighted by molar-refractivity contribution is -0.120. The minimum absolute atomic E-state index is 0.185. The molecule has 0 spiro atoms. The summed E-state index contributed by atoms with van der Waals surface area (Å²) in [6, 6.07) is 23.3. The molecule has 0 saturated heterocycles. The number of hydrazone groups is 1. The molecule has 1 amide bonds. The number of rotatable bonds is 5. The third-order valence-corrected chi connectivity index (χ3v) is 4.94. The number of furan rings is 1. The lowest BCUT2D eigenvalue weighted by atomic mass is 10.0. The Kier molecular flexibility index (Phi) is 5.45. The Bertz CT molecular complexity index is 1210. The summed E-state index contributed by atoms with van der Waals surface area (Å²) in [5, 5.41) is 6.85. The van der Waals surface area contributed by atoms with Gasteiger partial charge >= 0.3 is 0 Å². The van der Waals surface area contributed by atoms with Crippen molar-refractivity contribution < 1.29 is 9.21 Å².